The molecule has 0 atom stereocenters. The van der Waals surface area contributed by atoms with Gasteiger partial charge in [0.15, 0.2) is 5.82 Å². The molecule has 1 saturated heterocycles. The Labute approximate surface area is 154 Å². The maximum absolute atomic E-state index is 6.06. The third-order valence-electron chi connectivity index (χ3n) is 4.66. The van der Waals surface area contributed by atoms with Gasteiger partial charge >= 0.3 is 0 Å². The van der Waals surface area contributed by atoms with E-state index in [0.717, 1.165) is 47.0 Å². The molecule has 128 valence electrons. The molecule has 0 saturated carbocycles. The number of nitrogens with zero attached hydrogens (tertiary/aromatic N) is 5. The van der Waals surface area contributed by atoms with Gasteiger partial charge in [-0.05, 0) is 30.3 Å². The molecule has 3 aromatic heterocycles. The number of rotatable bonds is 3. The lowest BCUT2D eigenvalue weighted by Crippen LogP contribution is -2.46. The summed E-state index contributed by atoms with van der Waals surface area (Å²) in [7, 11) is 0. The first-order chi connectivity index (χ1) is 12.8. The van der Waals surface area contributed by atoms with Crippen LogP contribution in [0.5, 0.6) is 0 Å². The van der Waals surface area contributed by atoms with Crippen LogP contribution in [0, 0.1) is 0 Å². The second-order valence-corrected chi connectivity index (χ2v) is 6.79. The maximum atomic E-state index is 6.06. The molecule has 1 aliphatic heterocycles. The lowest BCUT2D eigenvalue weighted by Gasteiger charge is -2.39. The summed E-state index contributed by atoms with van der Waals surface area (Å²) in [6.45, 7) is 1.70. The van der Waals surface area contributed by atoms with Gasteiger partial charge in [-0.1, -0.05) is 11.6 Å². The second kappa shape index (κ2) is 6.07. The van der Waals surface area contributed by atoms with E-state index in [2.05, 4.69) is 24.8 Å². The van der Waals surface area contributed by atoms with Crippen molar-refractivity contribution in [2.45, 2.75) is 5.92 Å². The van der Waals surface area contributed by atoms with Crippen molar-refractivity contribution in [1.29, 1.82) is 0 Å². The molecule has 1 aliphatic rings. The van der Waals surface area contributed by atoms with Gasteiger partial charge < -0.3 is 9.88 Å². The van der Waals surface area contributed by atoms with Crippen molar-refractivity contribution in [1.82, 2.24) is 24.9 Å². The zero-order valence-corrected chi connectivity index (χ0v) is 14.6. The number of hydrogen-bond acceptors (Lipinski definition) is 5. The van der Waals surface area contributed by atoms with Crippen molar-refractivity contribution in [2.24, 2.45) is 0 Å². The minimum absolute atomic E-state index is 0.341. The molecule has 5 rings (SSSR count). The number of anilines is 1. The molecule has 4 heterocycles. The number of fused-ring (bicyclic) bond motifs is 1. The number of hydrogen-bond donors (Lipinski definition) is 1. The quantitative estimate of drug-likeness (QED) is 0.602. The number of benzene rings is 1. The molecule has 6 nitrogen and oxygen atoms in total. The summed E-state index contributed by atoms with van der Waals surface area (Å²) in [4.78, 5) is 23.5. The van der Waals surface area contributed by atoms with Crippen molar-refractivity contribution in [3.63, 3.8) is 0 Å². The van der Waals surface area contributed by atoms with Crippen LogP contribution in [-0.2, 0) is 0 Å². The van der Waals surface area contributed by atoms with Gasteiger partial charge in [0.05, 0.1) is 17.0 Å². The van der Waals surface area contributed by atoms with E-state index in [0.29, 0.717) is 10.9 Å². The fourth-order valence-corrected chi connectivity index (χ4v) is 3.47. The van der Waals surface area contributed by atoms with Gasteiger partial charge in [0.2, 0.25) is 0 Å². The number of aromatic nitrogens is 5. The number of halogens is 1. The zero-order chi connectivity index (χ0) is 17.5. The van der Waals surface area contributed by atoms with Crippen LogP contribution in [0.4, 0.5) is 5.82 Å². The topological polar surface area (TPSA) is 70.6 Å². The van der Waals surface area contributed by atoms with E-state index in [1.54, 1.807) is 24.8 Å². The summed E-state index contributed by atoms with van der Waals surface area (Å²) in [6.07, 6.45) is 6.99. The lowest BCUT2D eigenvalue weighted by molar-refractivity contribution is 0.501. The van der Waals surface area contributed by atoms with E-state index in [1.165, 1.54) is 0 Å². The van der Waals surface area contributed by atoms with Gasteiger partial charge in [-0.15, -0.1) is 0 Å². The first-order valence-electron chi connectivity index (χ1n) is 8.39. The third-order valence-corrected chi connectivity index (χ3v) is 4.90. The standard InChI is InChI=1S/C19H15ClN6/c20-14-1-2-15-16(9-14)25-18(24-15)13-10-26(11-13)19-17(22-7-8-23-19)12-3-5-21-6-4-12/h1-9,13H,10-11H2,(H,24,25). The Balaban J connectivity index is 1.40. The predicted octanol–water partition coefficient (Wildman–Crippen LogP) is 3.67. The predicted molar refractivity (Wildman–Crippen MR) is 101 cm³/mol. The molecule has 0 amide bonds. The van der Waals surface area contributed by atoms with Gasteiger partial charge in [0.25, 0.3) is 0 Å². The second-order valence-electron chi connectivity index (χ2n) is 6.35. The third kappa shape index (κ3) is 2.59. The Bertz CT molecular complexity index is 1070. The lowest BCUT2D eigenvalue weighted by atomic mass is 9.98. The summed E-state index contributed by atoms with van der Waals surface area (Å²) in [5.74, 6) is 2.23. The summed E-state index contributed by atoms with van der Waals surface area (Å²) in [6, 6.07) is 9.62. The van der Waals surface area contributed by atoms with E-state index in [-0.39, 0.29) is 0 Å². The molecule has 4 aromatic rings. The van der Waals surface area contributed by atoms with Gasteiger partial charge in [0, 0.05) is 48.5 Å². The molecule has 0 bridgehead atoms. The normalized spacial score (nSPS) is 14.6. The molecule has 0 spiro atoms. The summed E-state index contributed by atoms with van der Waals surface area (Å²) < 4.78 is 0. The van der Waals surface area contributed by atoms with Crippen LogP contribution < -0.4 is 4.90 Å². The molecule has 0 unspecified atom stereocenters. The number of imidazole rings is 1. The van der Waals surface area contributed by atoms with Crippen molar-refractivity contribution in [3.05, 3.63) is 66.0 Å². The average molecular weight is 363 g/mol. The average Bonchev–Trinajstić information content (AvgIpc) is 3.04. The minimum Gasteiger partial charge on any atom is -0.353 e. The van der Waals surface area contributed by atoms with Crippen LogP contribution in [0.1, 0.15) is 11.7 Å². The van der Waals surface area contributed by atoms with E-state index in [9.17, 15) is 0 Å². The van der Waals surface area contributed by atoms with Gasteiger partial charge in [0.1, 0.15) is 11.5 Å². The largest absolute Gasteiger partial charge is 0.353 e. The SMILES string of the molecule is Clc1ccc2nc(C3CN(c4nccnc4-c4ccncc4)C3)[nH]c2c1. The van der Waals surface area contributed by atoms with Crippen LogP contribution in [0.3, 0.4) is 0 Å². The molecule has 1 aromatic carbocycles. The number of pyridine rings is 1. The highest BCUT2D eigenvalue weighted by atomic mass is 35.5. The molecular weight excluding hydrogens is 348 g/mol. The first-order valence-corrected chi connectivity index (χ1v) is 8.77. The Morgan fingerprint density at radius 1 is 1.00 bits per heavy atom. The Morgan fingerprint density at radius 3 is 2.65 bits per heavy atom. The molecule has 0 radical (unpaired) electrons. The first kappa shape index (κ1) is 15.3. The molecule has 7 heteroatoms. The smallest absolute Gasteiger partial charge is 0.155 e. The number of aromatic amines is 1. The summed E-state index contributed by atoms with van der Waals surface area (Å²) in [5, 5.41) is 0.712. The Hall–Kier alpha value is -2.99. The van der Waals surface area contributed by atoms with Gasteiger partial charge in [-0.3, -0.25) is 9.97 Å². The van der Waals surface area contributed by atoms with Crippen LogP contribution in [-0.4, -0.2) is 38.0 Å². The molecule has 1 N–H and O–H groups in total. The Morgan fingerprint density at radius 2 is 1.81 bits per heavy atom. The molecule has 0 aliphatic carbocycles. The highest BCUT2D eigenvalue weighted by molar-refractivity contribution is 6.31. The molecular formula is C19H15ClN6. The van der Waals surface area contributed by atoms with Crippen molar-refractivity contribution < 1.29 is 0 Å². The van der Waals surface area contributed by atoms with Gasteiger partial charge in [-0.25, -0.2) is 9.97 Å². The van der Waals surface area contributed by atoms with Crippen LogP contribution in [0.2, 0.25) is 5.02 Å². The van der Waals surface area contributed by atoms with Gasteiger partial charge in [-0.2, -0.15) is 0 Å². The summed E-state index contributed by atoms with van der Waals surface area (Å²) >= 11 is 6.06. The summed E-state index contributed by atoms with van der Waals surface area (Å²) in [5.41, 5.74) is 3.82. The Kier molecular flexibility index (Phi) is 3.57. The maximum Gasteiger partial charge on any atom is 0.155 e. The van der Waals surface area contributed by atoms with E-state index >= 15 is 0 Å². The fraction of sp³-hybridized carbons (Fsp3) is 0.158. The fourth-order valence-electron chi connectivity index (χ4n) is 3.29. The monoisotopic (exact) mass is 362 g/mol. The van der Waals surface area contributed by atoms with Crippen LogP contribution in [0.25, 0.3) is 22.3 Å². The molecule has 26 heavy (non-hydrogen) atoms. The number of H-pyrrole nitrogens is 1. The van der Waals surface area contributed by atoms with Crippen molar-refractivity contribution in [2.75, 3.05) is 18.0 Å². The highest BCUT2D eigenvalue weighted by Gasteiger charge is 2.33. The van der Waals surface area contributed by atoms with E-state index in [4.69, 9.17) is 16.6 Å². The van der Waals surface area contributed by atoms with Crippen LogP contribution in [0.15, 0.2) is 55.1 Å². The number of nitrogens with one attached hydrogen (secondary N) is 1. The van der Waals surface area contributed by atoms with Crippen molar-refractivity contribution >= 4 is 28.5 Å². The minimum atomic E-state index is 0.341. The van der Waals surface area contributed by atoms with Crippen molar-refractivity contribution in [3.8, 4) is 11.3 Å². The van der Waals surface area contributed by atoms with E-state index < -0.39 is 0 Å². The molecule has 1 fully saturated rings. The van der Waals surface area contributed by atoms with E-state index in [1.807, 2.05) is 30.3 Å². The highest BCUT2D eigenvalue weighted by Crippen LogP contribution is 2.34. The van der Waals surface area contributed by atoms with Crippen LogP contribution >= 0.6 is 11.6 Å². The zero-order valence-electron chi connectivity index (χ0n) is 13.8.